The molecule has 32 heavy (non-hydrogen) atoms. The highest BCUT2D eigenvalue weighted by atomic mass is 32.2. The van der Waals surface area contributed by atoms with Crippen LogP contribution in [0, 0.1) is 0 Å². The summed E-state index contributed by atoms with van der Waals surface area (Å²) in [6.45, 7) is 2.27. The second-order valence-corrected chi connectivity index (χ2v) is 10.5. The van der Waals surface area contributed by atoms with E-state index in [0.29, 0.717) is 30.3 Å². The number of ether oxygens (including phenoxy) is 2. The molecule has 174 valence electrons. The number of aliphatic hydroxyl groups is 1. The zero-order valence-corrected chi connectivity index (χ0v) is 19.3. The molecule has 0 radical (unpaired) electrons. The van der Waals surface area contributed by atoms with Crippen LogP contribution in [0.3, 0.4) is 0 Å². The van der Waals surface area contributed by atoms with E-state index in [1.807, 2.05) is 0 Å². The number of hydrogen-bond acceptors (Lipinski definition) is 10. The number of amides is 1. The molecule has 3 rings (SSSR count). The first-order chi connectivity index (χ1) is 15.3. The van der Waals surface area contributed by atoms with Gasteiger partial charge in [0.05, 0.1) is 34.8 Å². The number of aliphatic hydroxyl groups excluding tert-OH is 1. The van der Waals surface area contributed by atoms with Crippen molar-refractivity contribution in [3.8, 4) is 0 Å². The molecule has 2 heterocycles. The van der Waals surface area contributed by atoms with Gasteiger partial charge in [0.1, 0.15) is 6.10 Å². The lowest BCUT2D eigenvalue weighted by Gasteiger charge is -2.12. The third-order valence-electron chi connectivity index (χ3n) is 4.64. The van der Waals surface area contributed by atoms with E-state index in [0.717, 1.165) is 4.88 Å². The van der Waals surface area contributed by atoms with Crippen LogP contribution in [0.2, 0.25) is 0 Å². The van der Waals surface area contributed by atoms with Gasteiger partial charge in [0.25, 0.3) is 5.91 Å². The minimum absolute atomic E-state index is 0.0815. The van der Waals surface area contributed by atoms with E-state index < -0.39 is 27.1 Å². The summed E-state index contributed by atoms with van der Waals surface area (Å²) in [6, 6.07) is 5.85. The quantitative estimate of drug-likeness (QED) is 0.384. The van der Waals surface area contributed by atoms with Crippen molar-refractivity contribution in [3.63, 3.8) is 0 Å². The molecule has 1 saturated heterocycles. The SMILES string of the molecule is COCc1cnc(NC(=O)/C(=N/O[C@H](C)CO)c2ccc(S(=O)(=O)[C@H]3CCOC3)cc2)s1. The van der Waals surface area contributed by atoms with Crippen molar-refractivity contribution in [1.29, 1.82) is 0 Å². The highest BCUT2D eigenvalue weighted by Gasteiger charge is 2.31. The number of hydrogen-bond donors (Lipinski definition) is 2. The summed E-state index contributed by atoms with van der Waals surface area (Å²) in [4.78, 5) is 23.2. The molecule has 0 aliphatic carbocycles. The average Bonchev–Trinajstić information content (AvgIpc) is 3.47. The molecule has 1 fully saturated rings. The van der Waals surface area contributed by atoms with Gasteiger partial charge in [-0.05, 0) is 25.5 Å². The second kappa shape index (κ2) is 11.0. The van der Waals surface area contributed by atoms with E-state index >= 15 is 0 Å². The number of anilines is 1. The molecule has 0 spiro atoms. The maximum atomic E-state index is 12.9. The van der Waals surface area contributed by atoms with Crippen LogP contribution >= 0.6 is 11.3 Å². The molecular weight excluding hydrogens is 458 g/mol. The third-order valence-corrected chi connectivity index (χ3v) is 7.70. The van der Waals surface area contributed by atoms with Crippen molar-refractivity contribution in [2.24, 2.45) is 5.16 Å². The summed E-state index contributed by atoms with van der Waals surface area (Å²) in [5.41, 5.74) is 0.268. The largest absolute Gasteiger partial charge is 0.392 e. The number of nitrogens with one attached hydrogen (secondary N) is 1. The van der Waals surface area contributed by atoms with Gasteiger partial charge in [-0.25, -0.2) is 13.4 Å². The number of sulfone groups is 1. The number of carbonyl (C=O) groups excluding carboxylic acids is 1. The Morgan fingerprint density at radius 1 is 1.41 bits per heavy atom. The maximum absolute atomic E-state index is 12.9. The standard InChI is InChI=1S/C20H25N3O7S2/c1-13(10-24)30-23-18(19(25)22-20-21-9-15(31-20)11-28-2)14-3-5-16(6-4-14)32(26,27)17-7-8-29-12-17/h3-6,9,13,17,24H,7-8,10-12H2,1-2H3,(H,21,22,25)/b23-18+/t13-,17+/m1/s1. The summed E-state index contributed by atoms with van der Waals surface area (Å²) in [6.07, 6.45) is 1.41. The van der Waals surface area contributed by atoms with Crippen molar-refractivity contribution in [2.45, 2.75) is 36.2 Å². The minimum Gasteiger partial charge on any atom is -0.392 e. The van der Waals surface area contributed by atoms with Crippen LogP contribution in [-0.2, 0) is 35.5 Å². The van der Waals surface area contributed by atoms with Gasteiger partial charge in [-0.1, -0.05) is 28.6 Å². The first-order valence-corrected chi connectivity index (χ1v) is 12.2. The molecule has 0 unspecified atom stereocenters. The van der Waals surface area contributed by atoms with E-state index in [1.165, 1.54) is 35.6 Å². The maximum Gasteiger partial charge on any atom is 0.280 e. The second-order valence-electron chi connectivity index (χ2n) is 7.11. The molecule has 1 amide bonds. The molecule has 2 N–H and O–H groups in total. The van der Waals surface area contributed by atoms with Gasteiger partial charge in [0.2, 0.25) is 0 Å². The lowest BCUT2D eigenvalue weighted by Crippen LogP contribution is -2.25. The fourth-order valence-electron chi connectivity index (χ4n) is 2.88. The van der Waals surface area contributed by atoms with Crippen molar-refractivity contribution >= 4 is 37.9 Å². The van der Waals surface area contributed by atoms with E-state index in [4.69, 9.17) is 14.3 Å². The first kappa shape index (κ1) is 24.3. The minimum atomic E-state index is -3.53. The van der Waals surface area contributed by atoms with Gasteiger partial charge in [-0.3, -0.25) is 10.1 Å². The molecule has 1 aromatic carbocycles. The van der Waals surface area contributed by atoms with Gasteiger partial charge in [-0.2, -0.15) is 0 Å². The Morgan fingerprint density at radius 2 is 2.16 bits per heavy atom. The molecule has 2 aromatic rings. The van der Waals surface area contributed by atoms with E-state index in [-0.39, 0.29) is 23.8 Å². The fraction of sp³-hybridized carbons (Fsp3) is 0.450. The van der Waals surface area contributed by atoms with Crippen LogP contribution in [0.5, 0.6) is 0 Å². The predicted molar refractivity (Wildman–Crippen MR) is 118 cm³/mol. The van der Waals surface area contributed by atoms with Crippen LogP contribution in [0.4, 0.5) is 5.13 Å². The normalized spacial score (nSPS) is 17.8. The summed E-state index contributed by atoms with van der Waals surface area (Å²) in [5, 5.41) is 15.5. The Kier molecular flexibility index (Phi) is 8.32. The van der Waals surface area contributed by atoms with Crippen LogP contribution in [0.15, 0.2) is 40.5 Å². The zero-order chi connectivity index (χ0) is 23.1. The number of rotatable bonds is 10. The summed E-state index contributed by atoms with van der Waals surface area (Å²) < 4.78 is 35.7. The Balaban J connectivity index is 1.83. The molecule has 0 saturated carbocycles. The Morgan fingerprint density at radius 3 is 2.78 bits per heavy atom. The topological polar surface area (TPSA) is 136 Å². The van der Waals surface area contributed by atoms with Crippen LogP contribution in [0.25, 0.3) is 0 Å². The Labute approximate surface area is 190 Å². The van der Waals surface area contributed by atoms with Crippen molar-refractivity contribution in [3.05, 3.63) is 40.9 Å². The van der Waals surface area contributed by atoms with E-state index in [1.54, 1.807) is 20.2 Å². The number of methoxy groups -OCH3 is 1. The fourth-order valence-corrected chi connectivity index (χ4v) is 5.25. The average molecular weight is 484 g/mol. The predicted octanol–water partition coefficient (Wildman–Crippen LogP) is 1.59. The van der Waals surface area contributed by atoms with E-state index in [2.05, 4.69) is 15.5 Å². The molecule has 1 aromatic heterocycles. The molecule has 1 aliphatic rings. The molecular formula is C20H25N3O7S2. The summed E-state index contributed by atoms with van der Waals surface area (Å²) >= 11 is 1.25. The van der Waals surface area contributed by atoms with Crippen LogP contribution in [-0.4, -0.2) is 68.4 Å². The number of oxime groups is 1. The lowest BCUT2D eigenvalue weighted by atomic mass is 10.1. The number of thiazole rings is 1. The number of benzene rings is 1. The van der Waals surface area contributed by atoms with Crippen LogP contribution in [0.1, 0.15) is 23.8 Å². The van der Waals surface area contributed by atoms with Gasteiger partial charge < -0.3 is 19.4 Å². The van der Waals surface area contributed by atoms with E-state index in [9.17, 15) is 18.3 Å². The highest BCUT2D eigenvalue weighted by Crippen LogP contribution is 2.23. The molecule has 2 atom stereocenters. The van der Waals surface area contributed by atoms with Crippen LogP contribution < -0.4 is 5.32 Å². The molecule has 1 aliphatic heterocycles. The monoisotopic (exact) mass is 483 g/mol. The third kappa shape index (κ3) is 5.90. The number of nitrogens with zero attached hydrogens (tertiary/aromatic N) is 2. The van der Waals surface area contributed by atoms with Crippen molar-refractivity contribution in [2.75, 3.05) is 32.2 Å². The summed E-state index contributed by atoms with van der Waals surface area (Å²) in [7, 11) is -1.97. The highest BCUT2D eigenvalue weighted by molar-refractivity contribution is 7.92. The lowest BCUT2D eigenvalue weighted by molar-refractivity contribution is -0.110. The van der Waals surface area contributed by atoms with Crippen molar-refractivity contribution < 1.29 is 32.6 Å². The van der Waals surface area contributed by atoms with Gasteiger partial charge in [0, 0.05) is 25.5 Å². The molecule has 12 heteroatoms. The molecule has 0 bridgehead atoms. The Hall–Kier alpha value is -2.38. The zero-order valence-electron chi connectivity index (χ0n) is 17.7. The summed E-state index contributed by atoms with van der Waals surface area (Å²) in [5.74, 6) is -0.590. The first-order valence-electron chi connectivity index (χ1n) is 9.87. The number of carbonyl (C=O) groups is 1. The number of aromatic nitrogens is 1. The Bertz CT molecular complexity index is 1050. The van der Waals surface area contributed by atoms with Gasteiger partial charge >= 0.3 is 0 Å². The van der Waals surface area contributed by atoms with Gasteiger partial charge in [-0.15, -0.1) is 0 Å². The van der Waals surface area contributed by atoms with Gasteiger partial charge in [0.15, 0.2) is 20.7 Å². The van der Waals surface area contributed by atoms with Crippen molar-refractivity contribution in [1.82, 2.24) is 4.98 Å². The molecule has 10 nitrogen and oxygen atoms in total. The smallest absolute Gasteiger partial charge is 0.280 e.